The third-order valence-corrected chi connectivity index (χ3v) is 4.64. The van der Waals surface area contributed by atoms with Crippen LogP contribution in [-0.4, -0.2) is 75.0 Å². The van der Waals surface area contributed by atoms with E-state index < -0.39 is 12.2 Å². The van der Waals surface area contributed by atoms with Crippen LogP contribution in [0.15, 0.2) is 0 Å². The summed E-state index contributed by atoms with van der Waals surface area (Å²) in [6.45, 7) is 9.24. The first kappa shape index (κ1) is 27.8. The van der Waals surface area contributed by atoms with Crippen molar-refractivity contribution in [1.29, 1.82) is 0 Å². The minimum Gasteiger partial charge on any atom is -0.389 e. The Morgan fingerprint density at radius 1 is 0.607 bits per heavy atom. The van der Waals surface area contributed by atoms with Gasteiger partial charge >= 0.3 is 0 Å². The largest absolute Gasteiger partial charge is 0.389 e. The Bertz CT molecular complexity index is 268. The zero-order valence-corrected chi connectivity index (χ0v) is 18.6. The molecule has 0 aliphatic rings. The third-order valence-electron chi connectivity index (χ3n) is 4.64. The normalized spacial score (nSPS) is 13.7. The second kappa shape index (κ2) is 23.0. The summed E-state index contributed by atoms with van der Waals surface area (Å²) in [5, 5.41) is 26.1. The van der Waals surface area contributed by atoms with Gasteiger partial charge in [-0.1, -0.05) is 65.2 Å². The smallest absolute Gasteiger partial charge is 0.0897 e. The maximum absolute atomic E-state index is 9.86. The van der Waals surface area contributed by atoms with Crippen molar-refractivity contribution in [3.8, 4) is 0 Å². The maximum Gasteiger partial charge on any atom is 0.0897 e. The molecule has 6 heteroatoms. The Balaban J connectivity index is 3.25. The Labute approximate surface area is 173 Å². The van der Waals surface area contributed by atoms with Crippen molar-refractivity contribution in [2.24, 2.45) is 0 Å². The number of hydrogen-bond donors (Lipinski definition) is 4. The van der Waals surface area contributed by atoms with E-state index in [2.05, 4.69) is 24.5 Å². The molecule has 0 aliphatic heterocycles. The molecule has 0 aromatic carbocycles. The second-order valence-electron chi connectivity index (χ2n) is 7.69. The molecule has 0 aromatic heterocycles. The van der Waals surface area contributed by atoms with E-state index in [1.54, 1.807) is 0 Å². The zero-order chi connectivity index (χ0) is 20.7. The third kappa shape index (κ3) is 22.1. The lowest BCUT2D eigenvalue weighted by molar-refractivity contribution is 0.0339. The SMILES string of the molecule is CCCCCCCOC[C@@H](O)CNCCNC[C@H](O)COCCCCCCC. The number of nitrogens with one attached hydrogen (secondary N) is 2. The van der Waals surface area contributed by atoms with Crippen LogP contribution in [0.3, 0.4) is 0 Å². The summed E-state index contributed by atoms with van der Waals surface area (Å²) >= 11 is 0. The van der Waals surface area contributed by atoms with Crippen LogP contribution in [0.1, 0.15) is 78.1 Å². The first-order chi connectivity index (χ1) is 13.7. The molecule has 0 heterocycles. The molecule has 0 rings (SSSR count). The van der Waals surface area contributed by atoms with Gasteiger partial charge in [0.25, 0.3) is 0 Å². The number of aliphatic hydroxyl groups is 2. The van der Waals surface area contributed by atoms with E-state index in [0.29, 0.717) is 26.3 Å². The highest BCUT2D eigenvalue weighted by atomic mass is 16.5. The second-order valence-corrected chi connectivity index (χ2v) is 7.69. The lowest BCUT2D eigenvalue weighted by Gasteiger charge is -2.14. The standard InChI is InChI=1S/C22H48N2O4/c1-3-5-7-9-11-15-27-19-21(25)17-23-13-14-24-18-22(26)20-28-16-12-10-8-6-4-2/h21-26H,3-20H2,1-2H3/t21-,22-/m0/s1. The van der Waals surface area contributed by atoms with Crippen molar-refractivity contribution >= 4 is 0 Å². The summed E-state index contributed by atoms with van der Waals surface area (Å²) in [5.74, 6) is 0. The van der Waals surface area contributed by atoms with Crippen molar-refractivity contribution in [3.63, 3.8) is 0 Å². The van der Waals surface area contributed by atoms with Crippen LogP contribution in [-0.2, 0) is 9.47 Å². The van der Waals surface area contributed by atoms with Gasteiger partial charge in [-0.15, -0.1) is 0 Å². The summed E-state index contributed by atoms with van der Waals surface area (Å²) in [4.78, 5) is 0. The van der Waals surface area contributed by atoms with Gasteiger partial charge < -0.3 is 30.3 Å². The molecular weight excluding hydrogens is 356 g/mol. The van der Waals surface area contributed by atoms with Crippen molar-refractivity contribution in [1.82, 2.24) is 10.6 Å². The van der Waals surface area contributed by atoms with Crippen molar-refractivity contribution < 1.29 is 19.7 Å². The Hall–Kier alpha value is -0.240. The van der Waals surface area contributed by atoms with Crippen LogP contribution in [0.4, 0.5) is 0 Å². The van der Waals surface area contributed by atoms with E-state index in [-0.39, 0.29) is 0 Å². The fourth-order valence-electron chi connectivity index (χ4n) is 2.89. The fourth-order valence-corrected chi connectivity index (χ4v) is 2.89. The predicted molar refractivity (Wildman–Crippen MR) is 117 cm³/mol. The quantitative estimate of drug-likeness (QED) is 0.196. The van der Waals surface area contributed by atoms with E-state index in [0.717, 1.165) is 39.1 Å². The van der Waals surface area contributed by atoms with Gasteiger partial charge in [-0.05, 0) is 12.8 Å². The van der Waals surface area contributed by atoms with Crippen molar-refractivity contribution in [3.05, 3.63) is 0 Å². The summed E-state index contributed by atoms with van der Waals surface area (Å²) in [7, 11) is 0. The molecule has 0 fully saturated rings. The van der Waals surface area contributed by atoms with Crippen LogP contribution in [0, 0.1) is 0 Å². The number of ether oxygens (including phenoxy) is 2. The van der Waals surface area contributed by atoms with Gasteiger partial charge in [0, 0.05) is 39.4 Å². The molecule has 0 amide bonds. The Morgan fingerprint density at radius 2 is 1.00 bits per heavy atom. The molecule has 0 radical (unpaired) electrons. The Morgan fingerprint density at radius 3 is 1.39 bits per heavy atom. The molecule has 0 aromatic rings. The molecule has 28 heavy (non-hydrogen) atoms. The molecule has 0 bridgehead atoms. The minimum absolute atomic E-state index is 0.392. The van der Waals surface area contributed by atoms with Crippen LogP contribution in [0.2, 0.25) is 0 Å². The maximum atomic E-state index is 9.86. The van der Waals surface area contributed by atoms with E-state index >= 15 is 0 Å². The molecule has 0 aliphatic carbocycles. The first-order valence-electron chi connectivity index (χ1n) is 11.6. The van der Waals surface area contributed by atoms with Crippen molar-refractivity contribution in [2.45, 2.75) is 90.3 Å². The molecule has 0 saturated heterocycles. The van der Waals surface area contributed by atoms with Crippen molar-refractivity contribution in [2.75, 3.05) is 52.6 Å². The summed E-state index contributed by atoms with van der Waals surface area (Å²) in [6.07, 6.45) is 11.3. The molecule has 4 N–H and O–H groups in total. The fraction of sp³-hybridized carbons (Fsp3) is 1.00. The van der Waals surface area contributed by atoms with E-state index in [1.807, 2.05) is 0 Å². The predicted octanol–water partition coefficient (Wildman–Crippen LogP) is 2.86. The van der Waals surface area contributed by atoms with Gasteiger partial charge in [-0.2, -0.15) is 0 Å². The molecule has 0 spiro atoms. The van der Waals surface area contributed by atoms with E-state index in [4.69, 9.17) is 9.47 Å². The molecular formula is C22H48N2O4. The van der Waals surface area contributed by atoms with Crippen LogP contribution in [0.25, 0.3) is 0 Å². The van der Waals surface area contributed by atoms with Crippen LogP contribution >= 0.6 is 0 Å². The van der Waals surface area contributed by atoms with Crippen LogP contribution in [0.5, 0.6) is 0 Å². The van der Waals surface area contributed by atoms with Gasteiger partial charge in [0.05, 0.1) is 25.4 Å². The summed E-state index contributed by atoms with van der Waals surface area (Å²) in [6, 6.07) is 0. The monoisotopic (exact) mass is 404 g/mol. The molecule has 2 atom stereocenters. The van der Waals surface area contributed by atoms with E-state index in [1.165, 1.54) is 51.4 Å². The molecule has 0 saturated carbocycles. The highest BCUT2D eigenvalue weighted by Crippen LogP contribution is 2.03. The number of unbranched alkanes of at least 4 members (excludes halogenated alkanes) is 8. The zero-order valence-electron chi connectivity index (χ0n) is 18.6. The van der Waals surface area contributed by atoms with E-state index in [9.17, 15) is 10.2 Å². The average Bonchev–Trinajstić information content (AvgIpc) is 2.69. The lowest BCUT2D eigenvalue weighted by atomic mass is 10.2. The molecule has 170 valence electrons. The summed E-state index contributed by atoms with van der Waals surface area (Å²) < 4.78 is 11.0. The average molecular weight is 405 g/mol. The molecule has 6 nitrogen and oxygen atoms in total. The van der Waals surface area contributed by atoms with Gasteiger partial charge in [0.15, 0.2) is 0 Å². The number of aliphatic hydroxyl groups excluding tert-OH is 2. The van der Waals surface area contributed by atoms with Gasteiger partial charge in [-0.25, -0.2) is 0 Å². The summed E-state index contributed by atoms with van der Waals surface area (Å²) in [5.41, 5.74) is 0. The van der Waals surface area contributed by atoms with Gasteiger partial charge in [0.2, 0.25) is 0 Å². The topological polar surface area (TPSA) is 83.0 Å². The molecule has 0 unspecified atom stereocenters. The van der Waals surface area contributed by atoms with Gasteiger partial charge in [0.1, 0.15) is 0 Å². The highest BCUT2D eigenvalue weighted by Gasteiger charge is 2.05. The van der Waals surface area contributed by atoms with Gasteiger partial charge in [-0.3, -0.25) is 0 Å². The first-order valence-corrected chi connectivity index (χ1v) is 11.6. The lowest BCUT2D eigenvalue weighted by Crippen LogP contribution is -2.37. The Kier molecular flexibility index (Phi) is 22.8. The number of hydrogen-bond acceptors (Lipinski definition) is 6. The minimum atomic E-state index is -0.466. The highest BCUT2D eigenvalue weighted by molar-refractivity contribution is 4.62. The number of rotatable bonds is 23. The van der Waals surface area contributed by atoms with Crippen LogP contribution < -0.4 is 10.6 Å².